The van der Waals surface area contributed by atoms with Crippen molar-refractivity contribution < 1.29 is 18.4 Å². The average molecular weight is 594 g/mol. The van der Waals surface area contributed by atoms with Crippen molar-refractivity contribution in [3.05, 3.63) is 64.7 Å². The predicted molar refractivity (Wildman–Crippen MR) is 166 cm³/mol. The summed E-state index contributed by atoms with van der Waals surface area (Å²) in [6.45, 7) is 12.8. The number of anilines is 3. The summed E-state index contributed by atoms with van der Waals surface area (Å²) in [7, 11) is 2.07. The Morgan fingerprint density at radius 2 is 1.72 bits per heavy atom. The van der Waals surface area contributed by atoms with Gasteiger partial charge < -0.3 is 20.4 Å². The third-order valence-corrected chi connectivity index (χ3v) is 7.82. The van der Waals surface area contributed by atoms with Crippen molar-refractivity contribution >= 4 is 29.4 Å². The van der Waals surface area contributed by atoms with Crippen LogP contribution in [0.15, 0.2) is 36.4 Å². The number of halogens is 2. The molecule has 230 valence electrons. The molecule has 43 heavy (non-hydrogen) atoms. The Bertz CT molecular complexity index is 1450. The number of hydrogen-bond acceptors (Lipinski definition) is 6. The number of aromatic nitrogens is 2. The monoisotopic (exact) mass is 593 g/mol. The molecule has 0 unspecified atom stereocenters. The molecule has 0 spiro atoms. The van der Waals surface area contributed by atoms with Crippen molar-refractivity contribution in [1.82, 2.24) is 25.1 Å². The van der Waals surface area contributed by atoms with Crippen LogP contribution < -0.4 is 15.5 Å². The normalized spacial score (nSPS) is 15.3. The summed E-state index contributed by atoms with van der Waals surface area (Å²) >= 11 is 0. The number of fused-ring (bicyclic) bond motifs is 1. The second kappa shape index (κ2) is 13.9. The van der Waals surface area contributed by atoms with E-state index in [1.807, 2.05) is 40.7 Å². The molecule has 0 radical (unpaired) electrons. The van der Waals surface area contributed by atoms with Crippen LogP contribution >= 0.6 is 0 Å². The molecule has 2 aliphatic heterocycles. The van der Waals surface area contributed by atoms with Gasteiger partial charge in [-0.3, -0.25) is 4.79 Å². The van der Waals surface area contributed by atoms with Gasteiger partial charge in [-0.2, -0.15) is 4.98 Å². The van der Waals surface area contributed by atoms with E-state index in [1.54, 1.807) is 17.0 Å². The predicted octanol–water partition coefficient (Wildman–Crippen LogP) is 6.11. The third-order valence-electron chi connectivity index (χ3n) is 7.82. The standard InChI is InChI=1S/C30H35F2N7O2.C2H6/c1-5-38(6-2)28(40)19-11-10-18(3)21(16-19)25-22-17-33-30(41)39(26-23(31)8-7-9-24(26)32)27(22)36-29(35-25)34-20-12-14-37(4)15-13-20;1-2/h7-11,16,20H,5-6,12-15,17H2,1-4H3,(H,33,41)(H,34,35,36);1-2H3. The van der Waals surface area contributed by atoms with Gasteiger partial charge in [0.25, 0.3) is 5.91 Å². The van der Waals surface area contributed by atoms with E-state index in [0.29, 0.717) is 35.5 Å². The maximum atomic E-state index is 15.0. The summed E-state index contributed by atoms with van der Waals surface area (Å²) in [5.41, 5.74) is 2.51. The van der Waals surface area contributed by atoms with Crippen molar-refractivity contribution in [3.8, 4) is 11.3 Å². The molecule has 0 aliphatic carbocycles. The maximum Gasteiger partial charge on any atom is 0.328 e. The molecule has 0 bridgehead atoms. The fourth-order valence-electron chi connectivity index (χ4n) is 5.40. The molecule has 3 heterocycles. The highest BCUT2D eigenvalue weighted by atomic mass is 19.1. The number of rotatable bonds is 7. The zero-order valence-electron chi connectivity index (χ0n) is 25.8. The number of nitrogens with zero attached hydrogens (tertiary/aromatic N) is 5. The molecule has 1 fully saturated rings. The van der Waals surface area contributed by atoms with E-state index in [0.717, 1.165) is 48.5 Å². The Morgan fingerprint density at radius 3 is 2.35 bits per heavy atom. The van der Waals surface area contributed by atoms with E-state index in [4.69, 9.17) is 4.98 Å². The second-order valence-electron chi connectivity index (χ2n) is 10.5. The quantitative estimate of drug-likeness (QED) is 0.344. The van der Waals surface area contributed by atoms with Crippen LogP contribution in [0.2, 0.25) is 0 Å². The molecule has 2 aliphatic rings. The summed E-state index contributed by atoms with van der Waals surface area (Å²) in [5.74, 6) is -1.53. The van der Waals surface area contributed by atoms with Gasteiger partial charge in [0.15, 0.2) is 5.82 Å². The number of benzene rings is 2. The molecular formula is C32H41F2N7O2. The molecule has 1 saturated heterocycles. The second-order valence-corrected chi connectivity index (χ2v) is 10.5. The number of amides is 3. The largest absolute Gasteiger partial charge is 0.351 e. The average Bonchev–Trinajstić information content (AvgIpc) is 3.00. The molecule has 9 nitrogen and oxygen atoms in total. The fourth-order valence-corrected chi connectivity index (χ4v) is 5.40. The van der Waals surface area contributed by atoms with Gasteiger partial charge in [-0.05, 0) is 83.6 Å². The van der Waals surface area contributed by atoms with Gasteiger partial charge in [0.05, 0.1) is 12.2 Å². The molecule has 3 aromatic rings. The van der Waals surface area contributed by atoms with E-state index in [2.05, 4.69) is 27.6 Å². The molecule has 3 amide bonds. The molecule has 2 N–H and O–H groups in total. The van der Waals surface area contributed by atoms with E-state index < -0.39 is 23.4 Å². The SMILES string of the molecule is CC.CCN(CC)C(=O)c1ccc(C)c(-c2nc(NC3CCN(C)CC3)nc3c2CNC(=O)N3c2c(F)cccc2F)c1. The number of carbonyl (C=O) groups is 2. The molecular weight excluding hydrogens is 552 g/mol. The molecule has 1 aromatic heterocycles. The van der Waals surface area contributed by atoms with Crippen molar-refractivity contribution in [2.45, 2.75) is 60.0 Å². The summed E-state index contributed by atoms with van der Waals surface area (Å²) in [6, 6.07) is 8.29. The first-order valence-corrected chi connectivity index (χ1v) is 15.0. The minimum atomic E-state index is -0.888. The van der Waals surface area contributed by atoms with E-state index >= 15 is 8.78 Å². The Labute approximate surface area is 252 Å². The van der Waals surface area contributed by atoms with Crippen molar-refractivity contribution in [2.24, 2.45) is 0 Å². The minimum Gasteiger partial charge on any atom is -0.351 e. The van der Waals surface area contributed by atoms with Gasteiger partial charge in [0.2, 0.25) is 5.95 Å². The molecule has 0 saturated carbocycles. The van der Waals surface area contributed by atoms with Crippen LogP contribution in [0.4, 0.5) is 31.0 Å². The number of urea groups is 1. The van der Waals surface area contributed by atoms with Crippen LogP contribution in [0.25, 0.3) is 11.3 Å². The first kappa shape index (κ1) is 31.8. The van der Waals surface area contributed by atoms with Crippen LogP contribution in [-0.4, -0.2) is 71.0 Å². The molecule has 0 atom stereocenters. The van der Waals surface area contributed by atoms with Gasteiger partial charge in [0.1, 0.15) is 17.3 Å². The Hall–Kier alpha value is -4.12. The van der Waals surface area contributed by atoms with Crippen LogP contribution in [0, 0.1) is 18.6 Å². The summed E-state index contributed by atoms with van der Waals surface area (Å²) in [6.07, 6.45) is 1.73. The number of likely N-dealkylation sites (tertiary alicyclic amines) is 1. The Morgan fingerprint density at radius 1 is 1.07 bits per heavy atom. The summed E-state index contributed by atoms with van der Waals surface area (Å²) < 4.78 is 30.0. The number of para-hydroxylation sites is 1. The van der Waals surface area contributed by atoms with Gasteiger partial charge in [-0.15, -0.1) is 0 Å². The van der Waals surface area contributed by atoms with E-state index in [9.17, 15) is 9.59 Å². The Balaban J connectivity index is 0.00000207. The van der Waals surface area contributed by atoms with Crippen LogP contribution in [-0.2, 0) is 6.54 Å². The minimum absolute atomic E-state index is 0.0538. The number of carbonyl (C=O) groups excluding carboxylic acids is 2. The topological polar surface area (TPSA) is 93.7 Å². The molecule has 5 rings (SSSR count). The van der Waals surface area contributed by atoms with Crippen molar-refractivity contribution in [2.75, 3.05) is 43.4 Å². The van der Waals surface area contributed by atoms with E-state index in [1.165, 1.54) is 6.07 Å². The Kier molecular flexibility index (Phi) is 10.3. The van der Waals surface area contributed by atoms with E-state index in [-0.39, 0.29) is 30.3 Å². The first-order chi connectivity index (χ1) is 20.7. The first-order valence-electron chi connectivity index (χ1n) is 15.0. The fraction of sp³-hybridized carbons (Fsp3) is 0.438. The highest BCUT2D eigenvalue weighted by Gasteiger charge is 2.34. The lowest BCUT2D eigenvalue weighted by atomic mass is 9.97. The van der Waals surface area contributed by atoms with Crippen LogP contribution in [0.3, 0.4) is 0 Å². The van der Waals surface area contributed by atoms with Gasteiger partial charge >= 0.3 is 6.03 Å². The number of nitrogens with one attached hydrogen (secondary N) is 2. The van der Waals surface area contributed by atoms with Crippen molar-refractivity contribution in [3.63, 3.8) is 0 Å². The highest BCUT2D eigenvalue weighted by molar-refractivity contribution is 6.02. The number of hydrogen-bond donors (Lipinski definition) is 2. The summed E-state index contributed by atoms with van der Waals surface area (Å²) in [5, 5.41) is 6.12. The van der Waals surface area contributed by atoms with Crippen molar-refractivity contribution in [1.29, 1.82) is 0 Å². The maximum absolute atomic E-state index is 15.0. The molecule has 11 heteroatoms. The molecule has 2 aromatic carbocycles. The van der Waals surface area contributed by atoms with Crippen LogP contribution in [0.5, 0.6) is 0 Å². The lowest BCUT2D eigenvalue weighted by molar-refractivity contribution is 0.0773. The lowest BCUT2D eigenvalue weighted by Gasteiger charge is -2.32. The van der Waals surface area contributed by atoms with Gasteiger partial charge in [-0.25, -0.2) is 23.5 Å². The van der Waals surface area contributed by atoms with Crippen LogP contribution in [0.1, 0.15) is 62.0 Å². The summed E-state index contributed by atoms with van der Waals surface area (Å²) in [4.78, 5) is 40.8. The zero-order chi connectivity index (χ0) is 31.3. The third kappa shape index (κ3) is 6.61. The lowest BCUT2D eigenvalue weighted by Crippen LogP contribution is -2.43. The zero-order valence-corrected chi connectivity index (χ0v) is 25.8. The van der Waals surface area contributed by atoms with Gasteiger partial charge in [-0.1, -0.05) is 26.0 Å². The number of piperidine rings is 1. The smallest absolute Gasteiger partial charge is 0.328 e. The highest BCUT2D eigenvalue weighted by Crippen LogP contribution is 2.39. The number of aryl methyl sites for hydroxylation is 1. The van der Waals surface area contributed by atoms with Gasteiger partial charge in [0, 0.05) is 35.8 Å².